The van der Waals surface area contributed by atoms with Crippen LogP contribution in [0.2, 0.25) is 0 Å². The highest BCUT2D eigenvalue weighted by Crippen LogP contribution is 2.37. The zero-order valence-corrected chi connectivity index (χ0v) is 13.1. The number of nitrogens with zero attached hydrogens (tertiary/aromatic N) is 1. The highest BCUT2D eigenvalue weighted by atomic mass is 19.2. The maximum Gasteiger partial charge on any atom is 0.233 e. The van der Waals surface area contributed by atoms with Gasteiger partial charge in [-0.15, -0.1) is 0 Å². The second kappa shape index (κ2) is 6.67. The summed E-state index contributed by atoms with van der Waals surface area (Å²) in [5, 5.41) is 2.43. The standard InChI is InChI=1S/C17H18F2N2O3/c18-13-6-5-10(9-14(13)19)20-15(22)7-8-21-16(23)11-3-1-2-4-12(11)17(21)24/h5-6,9,11-12H,1-4,7-8H2,(H,20,22). The van der Waals surface area contributed by atoms with Gasteiger partial charge in [-0.25, -0.2) is 8.78 Å². The fourth-order valence-electron chi connectivity index (χ4n) is 3.46. The van der Waals surface area contributed by atoms with Gasteiger partial charge in [0.1, 0.15) is 0 Å². The van der Waals surface area contributed by atoms with E-state index in [1.807, 2.05) is 0 Å². The largest absolute Gasteiger partial charge is 0.326 e. The van der Waals surface area contributed by atoms with Gasteiger partial charge in [0.25, 0.3) is 0 Å². The first kappa shape index (κ1) is 16.5. The molecule has 1 saturated carbocycles. The fourth-order valence-corrected chi connectivity index (χ4v) is 3.46. The maximum absolute atomic E-state index is 13.1. The molecule has 2 aliphatic rings. The lowest BCUT2D eigenvalue weighted by atomic mass is 9.81. The van der Waals surface area contributed by atoms with Gasteiger partial charge in [-0.1, -0.05) is 12.8 Å². The van der Waals surface area contributed by atoms with Gasteiger partial charge in [-0.05, 0) is 25.0 Å². The first-order chi connectivity index (χ1) is 11.5. The molecule has 5 nitrogen and oxygen atoms in total. The molecule has 2 unspecified atom stereocenters. The molecule has 2 fully saturated rings. The first-order valence-corrected chi connectivity index (χ1v) is 8.07. The van der Waals surface area contributed by atoms with Crippen LogP contribution in [0.1, 0.15) is 32.1 Å². The number of likely N-dealkylation sites (tertiary alicyclic amines) is 1. The molecule has 1 aromatic rings. The van der Waals surface area contributed by atoms with Crippen molar-refractivity contribution in [3.05, 3.63) is 29.8 Å². The number of halogens is 2. The van der Waals surface area contributed by atoms with Crippen LogP contribution in [0.25, 0.3) is 0 Å². The molecule has 0 aromatic heterocycles. The Bertz CT molecular complexity index is 668. The molecule has 2 atom stereocenters. The van der Waals surface area contributed by atoms with Gasteiger partial charge in [-0.2, -0.15) is 0 Å². The number of rotatable bonds is 4. The second-order valence-electron chi connectivity index (χ2n) is 6.25. The Kier molecular flexibility index (Phi) is 4.59. The summed E-state index contributed by atoms with van der Waals surface area (Å²) in [6.45, 7) is 0.0141. The van der Waals surface area contributed by atoms with Gasteiger partial charge >= 0.3 is 0 Å². The van der Waals surface area contributed by atoms with Crippen molar-refractivity contribution < 1.29 is 23.2 Å². The van der Waals surface area contributed by atoms with Crippen LogP contribution in [0.15, 0.2) is 18.2 Å². The third kappa shape index (κ3) is 3.16. The van der Waals surface area contributed by atoms with Crippen molar-refractivity contribution in [2.75, 3.05) is 11.9 Å². The van der Waals surface area contributed by atoms with Gasteiger partial charge in [0.15, 0.2) is 11.6 Å². The van der Waals surface area contributed by atoms with Crippen LogP contribution in [-0.4, -0.2) is 29.2 Å². The molecule has 1 saturated heterocycles. The molecule has 0 bridgehead atoms. The molecule has 128 valence electrons. The molecule has 1 aliphatic heterocycles. The lowest BCUT2D eigenvalue weighted by Gasteiger charge is -2.19. The van der Waals surface area contributed by atoms with Crippen LogP contribution < -0.4 is 5.32 Å². The molecule has 1 N–H and O–H groups in total. The third-order valence-electron chi connectivity index (χ3n) is 4.70. The summed E-state index contributed by atoms with van der Waals surface area (Å²) >= 11 is 0. The zero-order valence-electron chi connectivity index (χ0n) is 13.1. The monoisotopic (exact) mass is 336 g/mol. The quantitative estimate of drug-likeness (QED) is 0.859. The Balaban J connectivity index is 1.57. The van der Waals surface area contributed by atoms with Crippen LogP contribution in [0.4, 0.5) is 14.5 Å². The number of anilines is 1. The molecule has 0 spiro atoms. The Hall–Kier alpha value is -2.31. The Morgan fingerprint density at radius 3 is 2.29 bits per heavy atom. The zero-order chi connectivity index (χ0) is 17.3. The van der Waals surface area contributed by atoms with E-state index in [9.17, 15) is 23.2 Å². The second-order valence-corrected chi connectivity index (χ2v) is 6.25. The van der Waals surface area contributed by atoms with E-state index in [1.54, 1.807) is 0 Å². The molecule has 3 amide bonds. The van der Waals surface area contributed by atoms with Crippen molar-refractivity contribution >= 4 is 23.4 Å². The van der Waals surface area contributed by atoms with Gasteiger partial charge in [0.05, 0.1) is 11.8 Å². The van der Waals surface area contributed by atoms with Gasteiger partial charge < -0.3 is 5.32 Å². The molecular formula is C17H18F2N2O3. The maximum atomic E-state index is 13.1. The smallest absolute Gasteiger partial charge is 0.233 e. The minimum atomic E-state index is -1.05. The van der Waals surface area contributed by atoms with E-state index >= 15 is 0 Å². The number of carbonyl (C=O) groups excluding carboxylic acids is 3. The third-order valence-corrected chi connectivity index (χ3v) is 4.70. The summed E-state index contributed by atoms with van der Waals surface area (Å²) < 4.78 is 26.0. The summed E-state index contributed by atoms with van der Waals surface area (Å²) in [7, 11) is 0. The minimum absolute atomic E-state index is 0.0141. The summed E-state index contributed by atoms with van der Waals surface area (Å²) in [5.74, 6) is -3.36. The van der Waals surface area contributed by atoms with Gasteiger partial charge in [0, 0.05) is 24.7 Å². The molecule has 1 aromatic carbocycles. The van der Waals surface area contributed by atoms with Crippen molar-refractivity contribution in [1.82, 2.24) is 4.90 Å². The average molecular weight is 336 g/mol. The predicted molar refractivity (Wildman–Crippen MR) is 81.8 cm³/mol. The molecular weight excluding hydrogens is 318 g/mol. The average Bonchev–Trinajstić information content (AvgIpc) is 2.81. The van der Waals surface area contributed by atoms with Gasteiger partial charge in [0.2, 0.25) is 17.7 Å². The molecule has 7 heteroatoms. The highest BCUT2D eigenvalue weighted by molar-refractivity contribution is 6.05. The number of amides is 3. The number of benzene rings is 1. The van der Waals surface area contributed by atoms with E-state index in [2.05, 4.69) is 5.32 Å². The van der Waals surface area contributed by atoms with Crippen LogP contribution in [-0.2, 0) is 14.4 Å². The van der Waals surface area contributed by atoms with Crippen molar-refractivity contribution in [3.63, 3.8) is 0 Å². The molecule has 24 heavy (non-hydrogen) atoms. The molecule has 1 heterocycles. The molecule has 0 radical (unpaired) electrons. The lowest BCUT2D eigenvalue weighted by molar-refractivity contribution is -0.140. The molecule has 1 aliphatic carbocycles. The Morgan fingerprint density at radius 2 is 1.71 bits per heavy atom. The number of fused-ring (bicyclic) bond motifs is 1. The van der Waals surface area contributed by atoms with E-state index in [0.29, 0.717) is 0 Å². The summed E-state index contributed by atoms with van der Waals surface area (Å²) in [4.78, 5) is 37.7. The van der Waals surface area contributed by atoms with E-state index in [4.69, 9.17) is 0 Å². The van der Waals surface area contributed by atoms with E-state index in [1.165, 1.54) is 11.0 Å². The number of hydrogen-bond donors (Lipinski definition) is 1. The fraction of sp³-hybridized carbons (Fsp3) is 0.471. The number of nitrogens with one attached hydrogen (secondary N) is 1. The van der Waals surface area contributed by atoms with Gasteiger partial charge in [-0.3, -0.25) is 19.3 Å². The van der Waals surface area contributed by atoms with Crippen molar-refractivity contribution in [2.24, 2.45) is 11.8 Å². The Morgan fingerprint density at radius 1 is 1.08 bits per heavy atom. The van der Waals surface area contributed by atoms with Crippen molar-refractivity contribution in [2.45, 2.75) is 32.1 Å². The summed E-state index contributed by atoms with van der Waals surface area (Å²) in [6.07, 6.45) is 3.28. The van der Waals surface area contributed by atoms with Crippen LogP contribution in [0.3, 0.4) is 0 Å². The number of carbonyl (C=O) groups is 3. The van der Waals surface area contributed by atoms with Crippen molar-refractivity contribution in [3.8, 4) is 0 Å². The molecule has 3 rings (SSSR count). The topological polar surface area (TPSA) is 66.5 Å². The minimum Gasteiger partial charge on any atom is -0.326 e. The van der Waals surface area contributed by atoms with E-state index < -0.39 is 17.5 Å². The number of imide groups is 1. The predicted octanol–water partition coefficient (Wildman–Crippen LogP) is 2.47. The highest BCUT2D eigenvalue weighted by Gasteiger charge is 2.47. The van der Waals surface area contributed by atoms with Crippen LogP contribution in [0, 0.1) is 23.5 Å². The Labute approximate surface area is 138 Å². The SMILES string of the molecule is O=C(CCN1C(=O)C2CCCCC2C1=O)Nc1ccc(F)c(F)c1. The lowest BCUT2D eigenvalue weighted by Crippen LogP contribution is -2.34. The van der Waals surface area contributed by atoms with Crippen LogP contribution >= 0.6 is 0 Å². The van der Waals surface area contributed by atoms with E-state index in [-0.39, 0.29) is 42.3 Å². The number of hydrogen-bond acceptors (Lipinski definition) is 3. The van der Waals surface area contributed by atoms with Crippen molar-refractivity contribution in [1.29, 1.82) is 0 Å². The normalized spacial score (nSPS) is 23.3. The van der Waals surface area contributed by atoms with Crippen LogP contribution in [0.5, 0.6) is 0 Å². The summed E-state index contributed by atoms with van der Waals surface area (Å²) in [5.41, 5.74) is 0.131. The first-order valence-electron chi connectivity index (χ1n) is 8.07. The summed E-state index contributed by atoms with van der Waals surface area (Å²) in [6, 6.07) is 3.05. The van der Waals surface area contributed by atoms with E-state index in [0.717, 1.165) is 37.8 Å².